The van der Waals surface area contributed by atoms with Crippen LogP contribution in [0, 0.1) is 0 Å². The van der Waals surface area contributed by atoms with Crippen LogP contribution in [0.5, 0.6) is 0 Å². The molecule has 0 aliphatic carbocycles. The molecular weight excluding hydrogens is 737 g/mol. The van der Waals surface area contributed by atoms with Crippen molar-refractivity contribution < 1.29 is 0 Å². The van der Waals surface area contributed by atoms with Gasteiger partial charge in [0.15, 0.2) is 0 Å². The molecule has 0 fully saturated rings. The van der Waals surface area contributed by atoms with Crippen LogP contribution in [0.25, 0.3) is 42.8 Å². The molecule has 0 saturated carbocycles. The first-order valence-corrected chi connectivity index (χ1v) is 20.7. The lowest BCUT2D eigenvalue weighted by atomic mass is 10.1. The van der Waals surface area contributed by atoms with Gasteiger partial charge in [-0.15, -0.1) is 11.3 Å². The Hall–Kier alpha value is -7.60. The molecule has 9 aromatic carbocycles. The van der Waals surface area contributed by atoms with E-state index in [0.29, 0.717) is 0 Å². The van der Waals surface area contributed by atoms with E-state index in [4.69, 9.17) is 0 Å². The van der Waals surface area contributed by atoms with Crippen LogP contribution in [-0.4, -0.2) is 9.13 Å². The van der Waals surface area contributed by atoms with Gasteiger partial charge in [-0.1, -0.05) is 121 Å². The molecule has 59 heavy (non-hydrogen) atoms. The lowest BCUT2D eigenvalue weighted by molar-refractivity contribution is 1.12. The van der Waals surface area contributed by atoms with Crippen molar-refractivity contribution in [3.8, 4) is 11.4 Å². The third-order valence-corrected chi connectivity index (χ3v) is 11.4. The Morgan fingerprint density at radius 2 is 0.559 bits per heavy atom. The van der Waals surface area contributed by atoms with E-state index in [1.807, 2.05) is 0 Å². The number of para-hydroxylation sites is 8. The summed E-state index contributed by atoms with van der Waals surface area (Å²) in [6.45, 7) is 0. The van der Waals surface area contributed by atoms with Gasteiger partial charge in [-0.2, -0.15) is 0 Å². The smallest absolute Gasteiger partial charge is 0.0702 e. The Balaban J connectivity index is 1.41. The molecule has 1 aromatic heterocycles. The number of rotatable bonds is 8. The minimum Gasteiger partial charge on any atom is -0.310 e. The number of anilines is 6. The van der Waals surface area contributed by atoms with Crippen LogP contribution in [-0.2, 0) is 0 Å². The number of benzene rings is 9. The Morgan fingerprint density at radius 1 is 0.271 bits per heavy atom. The molecule has 0 amide bonds. The van der Waals surface area contributed by atoms with Crippen LogP contribution >= 0.6 is 11.3 Å². The Labute approximate surface area is 348 Å². The molecule has 5 heteroatoms. The molecule has 0 aliphatic rings. The van der Waals surface area contributed by atoms with Gasteiger partial charge in [0.05, 0.1) is 11.0 Å². The van der Waals surface area contributed by atoms with Crippen molar-refractivity contribution in [2.24, 2.45) is 0 Å². The second kappa shape index (κ2) is 16.1. The number of aromatic nitrogens is 2. The molecule has 10 rings (SSSR count). The Kier molecular flexibility index (Phi) is 9.77. The van der Waals surface area contributed by atoms with Gasteiger partial charge < -0.3 is 18.9 Å². The normalized spacial score (nSPS) is 11.1. The van der Waals surface area contributed by atoms with Gasteiger partial charge in [0, 0.05) is 65.9 Å². The zero-order chi connectivity index (χ0) is 39.4. The second-order valence-corrected chi connectivity index (χ2v) is 15.5. The molecule has 4 bridgehead atoms. The van der Waals surface area contributed by atoms with Crippen molar-refractivity contribution in [3.63, 3.8) is 0 Å². The summed E-state index contributed by atoms with van der Waals surface area (Å²) in [5, 5.41) is 0. The predicted molar refractivity (Wildman–Crippen MR) is 251 cm³/mol. The van der Waals surface area contributed by atoms with E-state index in [2.05, 4.69) is 262 Å². The molecule has 0 radical (unpaired) electrons. The van der Waals surface area contributed by atoms with Crippen LogP contribution < -0.4 is 9.80 Å². The fourth-order valence-corrected chi connectivity index (χ4v) is 8.95. The Morgan fingerprint density at radius 3 is 0.881 bits per heavy atom. The topological polar surface area (TPSA) is 16.3 Å². The molecule has 0 spiro atoms. The third kappa shape index (κ3) is 7.27. The van der Waals surface area contributed by atoms with Crippen molar-refractivity contribution in [2.45, 2.75) is 0 Å². The fourth-order valence-electron chi connectivity index (χ4n) is 7.96. The van der Waals surface area contributed by atoms with Crippen LogP contribution in [0.2, 0.25) is 0 Å². The minimum atomic E-state index is 1.05. The molecule has 0 saturated heterocycles. The van der Waals surface area contributed by atoms with E-state index in [0.717, 1.165) is 77.0 Å². The SMILES string of the molecule is c1ccc(N(c2ccccc2)c2cc3cc(c2)n(-c2ccccc2)c2ccccc2n(-c2ccccc2)c2cc(N(c4ccccc4)c4ccccc4)cc(c2)s3)cc1. The number of fused-ring (bicyclic) bond motifs is 5. The van der Waals surface area contributed by atoms with Gasteiger partial charge in [-0.3, -0.25) is 0 Å². The summed E-state index contributed by atoms with van der Waals surface area (Å²) in [5.74, 6) is 0. The van der Waals surface area contributed by atoms with E-state index in [9.17, 15) is 0 Å². The summed E-state index contributed by atoms with van der Waals surface area (Å²) < 4.78 is 7.05. The lowest BCUT2D eigenvalue weighted by Crippen LogP contribution is -2.10. The van der Waals surface area contributed by atoms with Crippen molar-refractivity contribution in [1.82, 2.24) is 9.13 Å². The van der Waals surface area contributed by atoms with Gasteiger partial charge in [0.1, 0.15) is 0 Å². The molecule has 0 unspecified atom stereocenters. The molecule has 0 N–H and O–H groups in total. The van der Waals surface area contributed by atoms with E-state index in [1.54, 1.807) is 11.3 Å². The first-order chi connectivity index (χ1) is 29.3. The fraction of sp³-hybridized carbons (Fsp3) is 0. The Bertz CT molecular complexity index is 2790. The molecular formula is C54H40N4S. The highest BCUT2D eigenvalue weighted by Crippen LogP contribution is 2.40. The van der Waals surface area contributed by atoms with E-state index in [-0.39, 0.29) is 0 Å². The molecule has 10 aromatic rings. The highest BCUT2D eigenvalue weighted by atomic mass is 32.1. The molecule has 0 aliphatic heterocycles. The maximum atomic E-state index is 2.40. The first kappa shape index (κ1) is 35.8. The molecule has 1 heterocycles. The van der Waals surface area contributed by atoms with Crippen LogP contribution in [0.15, 0.2) is 243 Å². The second-order valence-electron chi connectivity index (χ2n) is 14.3. The average Bonchev–Trinajstić information content (AvgIpc) is 3.30. The molecule has 282 valence electrons. The zero-order valence-corrected chi connectivity index (χ0v) is 33.1. The number of hydrogen-bond donors (Lipinski definition) is 0. The number of hydrogen-bond acceptors (Lipinski definition) is 3. The molecule has 0 atom stereocenters. The van der Waals surface area contributed by atoms with Crippen molar-refractivity contribution in [3.05, 3.63) is 243 Å². The minimum absolute atomic E-state index is 1.05. The summed E-state index contributed by atoms with van der Waals surface area (Å²) in [7, 11) is 0. The average molecular weight is 777 g/mol. The first-order valence-electron chi connectivity index (χ1n) is 19.8. The van der Waals surface area contributed by atoms with Crippen molar-refractivity contribution in [2.75, 3.05) is 9.80 Å². The van der Waals surface area contributed by atoms with Gasteiger partial charge in [0.2, 0.25) is 0 Å². The highest BCUT2D eigenvalue weighted by molar-refractivity contribution is 7.22. The monoisotopic (exact) mass is 776 g/mol. The van der Waals surface area contributed by atoms with Crippen molar-refractivity contribution in [1.29, 1.82) is 0 Å². The summed E-state index contributed by atoms with van der Waals surface area (Å²) in [6, 6.07) is 86.8. The summed E-state index contributed by atoms with van der Waals surface area (Å²) >= 11 is 1.78. The van der Waals surface area contributed by atoms with E-state index < -0.39 is 0 Å². The van der Waals surface area contributed by atoms with Crippen LogP contribution in [0.1, 0.15) is 0 Å². The quantitative estimate of drug-likeness (QED) is 0.153. The van der Waals surface area contributed by atoms with Crippen LogP contribution in [0.4, 0.5) is 34.1 Å². The van der Waals surface area contributed by atoms with E-state index >= 15 is 0 Å². The largest absolute Gasteiger partial charge is 0.310 e. The molecule has 4 nitrogen and oxygen atoms in total. The lowest BCUT2D eigenvalue weighted by Gasteiger charge is -2.26. The van der Waals surface area contributed by atoms with Crippen molar-refractivity contribution >= 4 is 76.9 Å². The van der Waals surface area contributed by atoms with Gasteiger partial charge >= 0.3 is 0 Å². The standard InChI is InChI=1S/C54H40N4S/c1-7-21-41(22-8-1)55(42-23-9-2-10-24-42)47-35-49-39-51(37-47)59-52-38-48(56(43-25-11-3-12-26-43)44-27-13-4-14-28-44)36-50(40-52)58(46-31-17-6-18-32-46)54-34-20-19-33-53(54)57(49)45-29-15-5-16-30-45/h1-40H. The highest BCUT2D eigenvalue weighted by Gasteiger charge is 2.17. The summed E-state index contributed by atoms with van der Waals surface area (Å²) in [4.78, 5) is 4.71. The van der Waals surface area contributed by atoms with Gasteiger partial charge in [-0.05, 0) is 121 Å². The summed E-state index contributed by atoms with van der Waals surface area (Å²) in [6.07, 6.45) is 0. The predicted octanol–water partition coefficient (Wildman–Crippen LogP) is 15.4. The van der Waals surface area contributed by atoms with Gasteiger partial charge in [0.25, 0.3) is 0 Å². The summed E-state index contributed by atoms with van der Waals surface area (Å²) in [5.41, 5.74) is 12.8. The third-order valence-electron chi connectivity index (χ3n) is 10.5. The maximum Gasteiger partial charge on any atom is 0.0702 e. The zero-order valence-electron chi connectivity index (χ0n) is 32.3. The van der Waals surface area contributed by atoms with E-state index in [1.165, 1.54) is 0 Å². The maximum absolute atomic E-state index is 2.40. The number of nitrogens with zero attached hydrogens (tertiary/aromatic N) is 4. The van der Waals surface area contributed by atoms with Gasteiger partial charge in [-0.25, -0.2) is 0 Å². The van der Waals surface area contributed by atoms with Crippen LogP contribution in [0.3, 0.4) is 0 Å².